The van der Waals surface area contributed by atoms with Gasteiger partial charge in [0, 0.05) is 26.2 Å². The minimum atomic E-state index is -0.325. The lowest BCUT2D eigenvalue weighted by Crippen LogP contribution is -2.47. The largest absolute Gasteiger partial charge is 0.493 e. The molecular formula is C26H31N3O5. The molecule has 0 spiro atoms. The molecular weight excluding hydrogens is 434 g/mol. The molecule has 180 valence electrons. The SMILES string of the molecule is CCOc1ccc(CN2C(=O)c3ccccc3C2=O)cc1C(=O)NCCN1CC(C)OC(C)C1. The number of morpholine rings is 1. The molecule has 1 fully saturated rings. The monoisotopic (exact) mass is 465 g/mol. The first-order chi connectivity index (χ1) is 16.4. The van der Waals surface area contributed by atoms with Gasteiger partial charge in [0.25, 0.3) is 17.7 Å². The highest BCUT2D eigenvalue weighted by molar-refractivity contribution is 6.21. The van der Waals surface area contributed by atoms with Crippen LogP contribution >= 0.6 is 0 Å². The minimum Gasteiger partial charge on any atom is -0.493 e. The number of hydrogen-bond donors (Lipinski definition) is 1. The average Bonchev–Trinajstić information content (AvgIpc) is 3.04. The molecule has 8 heteroatoms. The van der Waals surface area contributed by atoms with Gasteiger partial charge in [-0.15, -0.1) is 0 Å². The first-order valence-electron chi connectivity index (χ1n) is 11.7. The Morgan fingerprint density at radius 1 is 1.06 bits per heavy atom. The summed E-state index contributed by atoms with van der Waals surface area (Å²) in [6.45, 7) is 9.35. The van der Waals surface area contributed by atoms with E-state index in [1.807, 2.05) is 6.92 Å². The Kier molecular flexibility index (Phi) is 7.29. The number of ether oxygens (including phenoxy) is 2. The Bertz CT molecular complexity index is 1040. The van der Waals surface area contributed by atoms with Gasteiger partial charge in [-0.2, -0.15) is 0 Å². The van der Waals surface area contributed by atoms with Gasteiger partial charge < -0.3 is 14.8 Å². The van der Waals surface area contributed by atoms with Crippen molar-refractivity contribution < 1.29 is 23.9 Å². The lowest BCUT2D eigenvalue weighted by Gasteiger charge is -2.35. The quantitative estimate of drug-likeness (QED) is 0.603. The number of benzene rings is 2. The minimum absolute atomic E-state index is 0.0859. The van der Waals surface area contributed by atoms with Crippen molar-refractivity contribution in [2.45, 2.75) is 39.5 Å². The molecule has 0 aromatic heterocycles. The van der Waals surface area contributed by atoms with Gasteiger partial charge in [0.2, 0.25) is 0 Å². The third kappa shape index (κ3) is 5.13. The normalized spacial score (nSPS) is 20.4. The van der Waals surface area contributed by atoms with Gasteiger partial charge in [-0.1, -0.05) is 18.2 Å². The third-order valence-corrected chi connectivity index (χ3v) is 6.02. The maximum Gasteiger partial charge on any atom is 0.261 e. The fraction of sp³-hybridized carbons (Fsp3) is 0.423. The van der Waals surface area contributed by atoms with Crippen molar-refractivity contribution in [3.63, 3.8) is 0 Å². The standard InChI is InChI=1S/C26H31N3O5/c1-4-33-23-10-9-19(16-29-25(31)20-7-5-6-8-21(20)26(29)32)13-22(23)24(30)27-11-12-28-14-17(2)34-18(3)15-28/h5-10,13,17-18H,4,11-12,14-16H2,1-3H3,(H,27,30). The number of carbonyl (C=O) groups is 3. The Morgan fingerprint density at radius 2 is 1.71 bits per heavy atom. The molecule has 1 saturated heterocycles. The average molecular weight is 466 g/mol. The van der Waals surface area contributed by atoms with Crippen LogP contribution in [0.15, 0.2) is 42.5 Å². The fourth-order valence-corrected chi connectivity index (χ4v) is 4.59. The first kappa shape index (κ1) is 23.9. The molecule has 2 aromatic rings. The molecule has 2 aliphatic rings. The molecule has 34 heavy (non-hydrogen) atoms. The molecule has 2 aromatic carbocycles. The Hall–Kier alpha value is -3.23. The number of fused-ring (bicyclic) bond motifs is 1. The summed E-state index contributed by atoms with van der Waals surface area (Å²) in [5.41, 5.74) is 1.88. The number of amides is 3. The lowest BCUT2D eigenvalue weighted by atomic mass is 10.1. The maximum absolute atomic E-state index is 13.0. The molecule has 2 atom stereocenters. The van der Waals surface area contributed by atoms with Gasteiger partial charge in [-0.05, 0) is 50.6 Å². The summed E-state index contributed by atoms with van der Waals surface area (Å²) in [5, 5.41) is 2.98. The molecule has 2 heterocycles. The summed E-state index contributed by atoms with van der Waals surface area (Å²) in [5.74, 6) is -0.425. The first-order valence-corrected chi connectivity index (χ1v) is 11.7. The van der Waals surface area contributed by atoms with E-state index in [2.05, 4.69) is 24.1 Å². The number of rotatable bonds is 8. The predicted molar refractivity (Wildman–Crippen MR) is 127 cm³/mol. The van der Waals surface area contributed by atoms with E-state index in [0.29, 0.717) is 41.2 Å². The van der Waals surface area contributed by atoms with Crippen LogP contribution in [0.25, 0.3) is 0 Å². The number of nitrogens with zero attached hydrogens (tertiary/aromatic N) is 2. The highest BCUT2D eigenvalue weighted by atomic mass is 16.5. The number of nitrogens with one attached hydrogen (secondary N) is 1. The van der Waals surface area contributed by atoms with Gasteiger partial charge in [0.15, 0.2) is 0 Å². The second kappa shape index (κ2) is 10.4. The van der Waals surface area contributed by atoms with Crippen LogP contribution in [-0.2, 0) is 11.3 Å². The van der Waals surface area contributed by atoms with Crippen molar-refractivity contribution in [2.75, 3.05) is 32.8 Å². The molecule has 1 N–H and O–H groups in total. The van der Waals surface area contributed by atoms with Crippen molar-refractivity contribution in [2.24, 2.45) is 0 Å². The number of carbonyl (C=O) groups excluding carboxylic acids is 3. The smallest absolute Gasteiger partial charge is 0.261 e. The van der Waals surface area contributed by atoms with Crippen LogP contribution in [0, 0.1) is 0 Å². The van der Waals surface area contributed by atoms with Gasteiger partial charge in [-0.25, -0.2) is 0 Å². The molecule has 0 bridgehead atoms. The highest BCUT2D eigenvalue weighted by Crippen LogP contribution is 2.26. The number of imide groups is 1. The summed E-state index contributed by atoms with van der Waals surface area (Å²) >= 11 is 0. The predicted octanol–water partition coefficient (Wildman–Crippen LogP) is 2.72. The van der Waals surface area contributed by atoms with Gasteiger partial charge in [-0.3, -0.25) is 24.2 Å². The summed E-state index contributed by atoms with van der Waals surface area (Å²) in [7, 11) is 0. The van der Waals surface area contributed by atoms with E-state index in [1.165, 1.54) is 4.90 Å². The molecule has 3 amide bonds. The lowest BCUT2D eigenvalue weighted by molar-refractivity contribution is -0.0672. The van der Waals surface area contributed by atoms with Crippen LogP contribution in [0.5, 0.6) is 5.75 Å². The zero-order valence-corrected chi connectivity index (χ0v) is 19.9. The van der Waals surface area contributed by atoms with E-state index in [0.717, 1.165) is 19.6 Å². The zero-order valence-electron chi connectivity index (χ0n) is 19.9. The maximum atomic E-state index is 13.0. The molecule has 0 aliphatic carbocycles. The Labute approximate surface area is 199 Å². The van der Waals surface area contributed by atoms with Crippen molar-refractivity contribution in [1.29, 1.82) is 0 Å². The van der Waals surface area contributed by atoms with Gasteiger partial charge in [0.1, 0.15) is 5.75 Å². The van der Waals surface area contributed by atoms with Crippen molar-refractivity contribution in [3.8, 4) is 5.75 Å². The third-order valence-electron chi connectivity index (χ3n) is 6.02. The Balaban J connectivity index is 1.44. The Morgan fingerprint density at radius 3 is 2.32 bits per heavy atom. The van der Waals surface area contributed by atoms with E-state index in [4.69, 9.17) is 9.47 Å². The summed E-state index contributed by atoms with van der Waals surface area (Å²) in [6, 6.07) is 12.0. The van der Waals surface area contributed by atoms with Crippen molar-refractivity contribution >= 4 is 17.7 Å². The van der Waals surface area contributed by atoms with E-state index in [1.54, 1.807) is 42.5 Å². The van der Waals surface area contributed by atoms with Crippen molar-refractivity contribution in [3.05, 3.63) is 64.7 Å². The second-order valence-corrected chi connectivity index (χ2v) is 8.78. The molecule has 8 nitrogen and oxygen atoms in total. The fourth-order valence-electron chi connectivity index (χ4n) is 4.59. The molecule has 2 unspecified atom stereocenters. The van der Waals surface area contributed by atoms with Crippen LogP contribution in [0.1, 0.15) is 57.4 Å². The molecule has 0 radical (unpaired) electrons. The van der Waals surface area contributed by atoms with Gasteiger partial charge in [0.05, 0.1) is 42.0 Å². The summed E-state index contributed by atoms with van der Waals surface area (Å²) in [4.78, 5) is 42.0. The van der Waals surface area contributed by atoms with Crippen molar-refractivity contribution in [1.82, 2.24) is 15.1 Å². The topological polar surface area (TPSA) is 88.2 Å². The van der Waals surface area contributed by atoms with E-state index in [9.17, 15) is 14.4 Å². The number of hydrogen-bond acceptors (Lipinski definition) is 6. The van der Waals surface area contributed by atoms with E-state index >= 15 is 0 Å². The highest BCUT2D eigenvalue weighted by Gasteiger charge is 2.35. The van der Waals surface area contributed by atoms with Crippen LogP contribution in [0.4, 0.5) is 0 Å². The zero-order chi connectivity index (χ0) is 24.2. The van der Waals surface area contributed by atoms with Crippen LogP contribution < -0.4 is 10.1 Å². The van der Waals surface area contributed by atoms with E-state index < -0.39 is 0 Å². The van der Waals surface area contributed by atoms with Crippen LogP contribution in [0.3, 0.4) is 0 Å². The van der Waals surface area contributed by atoms with Gasteiger partial charge >= 0.3 is 0 Å². The molecule has 4 rings (SSSR count). The molecule has 0 saturated carbocycles. The van der Waals surface area contributed by atoms with Crippen LogP contribution in [0.2, 0.25) is 0 Å². The summed E-state index contributed by atoms with van der Waals surface area (Å²) < 4.78 is 11.4. The molecule has 2 aliphatic heterocycles. The van der Waals surface area contributed by atoms with Crippen LogP contribution in [-0.4, -0.2) is 72.5 Å². The second-order valence-electron chi connectivity index (χ2n) is 8.78. The van der Waals surface area contributed by atoms with E-state index in [-0.39, 0.29) is 36.5 Å². The summed E-state index contributed by atoms with van der Waals surface area (Å²) in [6.07, 6.45) is 0.339.